The Kier molecular flexibility index (Phi) is 3.89. The van der Waals surface area contributed by atoms with Crippen LogP contribution in [0, 0.1) is 34.8 Å². The highest BCUT2D eigenvalue weighted by atomic mass is 16.6. The van der Waals surface area contributed by atoms with Crippen LogP contribution in [0.25, 0.3) is 0 Å². The molecule has 5 nitrogen and oxygen atoms in total. The molecule has 2 aliphatic carbocycles. The van der Waals surface area contributed by atoms with Crippen molar-refractivity contribution in [3.05, 3.63) is 39.4 Å². The van der Waals surface area contributed by atoms with Crippen molar-refractivity contribution in [3.8, 4) is 0 Å². The van der Waals surface area contributed by atoms with Crippen LogP contribution >= 0.6 is 0 Å². The molecule has 0 spiro atoms. The number of amides is 1. The number of nitro benzene ring substituents is 1. The zero-order chi connectivity index (χ0) is 15.9. The molecule has 22 heavy (non-hydrogen) atoms. The van der Waals surface area contributed by atoms with Crippen LogP contribution in [0.15, 0.2) is 18.2 Å². The van der Waals surface area contributed by atoms with E-state index >= 15 is 0 Å². The van der Waals surface area contributed by atoms with E-state index in [-0.39, 0.29) is 23.2 Å². The number of nitrogens with zero attached hydrogens (tertiary/aromatic N) is 1. The number of nitro groups is 1. The Labute approximate surface area is 130 Å². The Bertz CT molecular complexity index is 614. The van der Waals surface area contributed by atoms with Gasteiger partial charge in [0.15, 0.2) is 0 Å². The number of aryl methyl sites for hydroxylation is 1. The van der Waals surface area contributed by atoms with Crippen molar-refractivity contribution in [2.45, 2.75) is 45.6 Å². The van der Waals surface area contributed by atoms with Gasteiger partial charge in [0.25, 0.3) is 11.6 Å². The number of carbonyl (C=O) groups is 1. The second-order valence-electron chi connectivity index (χ2n) is 6.83. The summed E-state index contributed by atoms with van der Waals surface area (Å²) < 4.78 is 0. The topological polar surface area (TPSA) is 72.2 Å². The zero-order valence-corrected chi connectivity index (χ0v) is 13.0. The van der Waals surface area contributed by atoms with Gasteiger partial charge in [0.05, 0.1) is 4.92 Å². The summed E-state index contributed by atoms with van der Waals surface area (Å²) in [6.45, 7) is 3.69. The monoisotopic (exact) mass is 302 g/mol. The normalized spacial score (nSPS) is 27.6. The lowest BCUT2D eigenvalue weighted by molar-refractivity contribution is -0.385. The number of hydrogen-bond donors (Lipinski definition) is 1. The number of carbonyl (C=O) groups excluding carboxylic acids is 1. The van der Waals surface area contributed by atoms with E-state index in [4.69, 9.17) is 0 Å². The molecule has 3 rings (SSSR count). The third-order valence-corrected chi connectivity index (χ3v) is 5.46. The molecule has 0 radical (unpaired) electrons. The largest absolute Gasteiger partial charge is 0.349 e. The molecule has 1 N–H and O–H groups in total. The molecule has 1 aromatic rings. The van der Waals surface area contributed by atoms with Gasteiger partial charge < -0.3 is 5.32 Å². The van der Waals surface area contributed by atoms with Crippen LogP contribution in [0.3, 0.4) is 0 Å². The van der Waals surface area contributed by atoms with Crippen LogP contribution in [-0.2, 0) is 0 Å². The number of fused-ring (bicyclic) bond motifs is 2. The minimum Gasteiger partial charge on any atom is -0.349 e. The molecular formula is C17H22N2O3. The summed E-state index contributed by atoms with van der Waals surface area (Å²) in [7, 11) is 0. The molecule has 2 saturated carbocycles. The summed E-state index contributed by atoms with van der Waals surface area (Å²) in [6, 6.07) is 4.96. The molecular weight excluding hydrogens is 280 g/mol. The second-order valence-corrected chi connectivity index (χ2v) is 6.83. The van der Waals surface area contributed by atoms with Gasteiger partial charge in [-0.3, -0.25) is 14.9 Å². The average molecular weight is 302 g/mol. The van der Waals surface area contributed by atoms with Crippen molar-refractivity contribution in [1.29, 1.82) is 0 Å². The van der Waals surface area contributed by atoms with E-state index in [1.807, 2.05) is 6.92 Å². The molecule has 0 aliphatic heterocycles. The first-order chi connectivity index (χ1) is 10.5. The highest BCUT2D eigenvalue weighted by Gasteiger charge is 2.42. The second kappa shape index (κ2) is 5.71. The molecule has 2 aliphatic rings. The van der Waals surface area contributed by atoms with Crippen molar-refractivity contribution in [2.24, 2.45) is 17.8 Å². The standard InChI is InChI=1S/C17H22N2O3/c1-10-4-3-5-14(16(10)19(21)22)17(20)18-11(2)15-9-12-6-7-13(15)8-12/h3-5,11-13,15H,6-9H2,1-2H3,(H,18,20)/t11-,12-,13-,15+/m0/s1. The molecule has 0 heterocycles. The molecule has 0 aromatic heterocycles. The van der Waals surface area contributed by atoms with Crippen molar-refractivity contribution in [2.75, 3.05) is 0 Å². The fraction of sp³-hybridized carbons (Fsp3) is 0.588. The lowest BCUT2D eigenvalue weighted by atomic mass is 9.84. The number of para-hydroxylation sites is 1. The fourth-order valence-corrected chi connectivity index (χ4v) is 4.38. The predicted octanol–water partition coefficient (Wildman–Crippen LogP) is 3.46. The number of hydrogen-bond acceptors (Lipinski definition) is 3. The van der Waals surface area contributed by atoms with Crippen LogP contribution in [0.1, 0.15) is 48.5 Å². The van der Waals surface area contributed by atoms with Crippen molar-refractivity contribution < 1.29 is 9.72 Å². The maximum atomic E-state index is 12.5. The van der Waals surface area contributed by atoms with Crippen molar-refractivity contribution in [1.82, 2.24) is 5.32 Å². The molecule has 5 heteroatoms. The van der Waals surface area contributed by atoms with E-state index in [1.54, 1.807) is 19.1 Å². The predicted molar refractivity (Wildman–Crippen MR) is 83.7 cm³/mol. The van der Waals surface area contributed by atoms with Gasteiger partial charge in [-0.2, -0.15) is 0 Å². The van der Waals surface area contributed by atoms with E-state index in [0.717, 1.165) is 5.92 Å². The molecule has 0 unspecified atom stereocenters. The quantitative estimate of drug-likeness (QED) is 0.684. The number of nitrogens with one attached hydrogen (secondary N) is 1. The minimum absolute atomic E-state index is 0.0721. The van der Waals surface area contributed by atoms with Gasteiger partial charge in [-0.25, -0.2) is 0 Å². The van der Waals surface area contributed by atoms with E-state index in [9.17, 15) is 14.9 Å². The van der Waals surface area contributed by atoms with Crippen molar-refractivity contribution >= 4 is 11.6 Å². The van der Waals surface area contributed by atoms with E-state index in [2.05, 4.69) is 5.32 Å². The highest BCUT2D eigenvalue weighted by molar-refractivity contribution is 5.98. The van der Waals surface area contributed by atoms with Crippen LogP contribution in [-0.4, -0.2) is 16.9 Å². The third-order valence-electron chi connectivity index (χ3n) is 5.46. The van der Waals surface area contributed by atoms with Gasteiger partial charge >= 0.3 is 0 Å². The van der Waals surface area contributed by atoms with Gasteiger partial charge in [-0.1, -0.05) is 18.6 Å². The number of rotatable bonds is 4. The summed E-state index contributed by atoms with van der Waals surface area (Å²) in [5, 5.41) is 14.2. The Balaban J connectivity index is 1.75. The fourth-order valence-electron chi connectivity index (χ4n) is 4.38. The van der Waals surface area contributed by atoms with Crippen LogP contribution in [0.4, 0.5) is 5.69 Å². The maximum Gasteiger partial charge on any atom is 0.285 e. The Morgan fingerprint density at radius 2 is 2.14 bits per heavy atom. The van der Waals surface area contributed by atoms with Gasteiger partial charge in [0, 0.05) is 11.6 Å². The highest BCUT2D eigenvalue weighted by Crippen LogP contribution is 2.49. The molecule has 2 fully saturated rings. The summed E-state index contributed by atoms with van der Waals surface area (Å²) in [6.07, 6.45) is 5.06. The first-order valence-corrected chi connectivity index (χ1v) is 8.02. The Morgan fingerprint density at radius 1 is 1.36 bits per heavy atom. The molecule has 2 bridgehead atoms. The van der Waals surface area contributed by atoms with Gasteiger partial charge in [-0.05, 0) is 56.9 Å². The lowest BCUT2D eigenvalue weighted by Crippen LogP contribution is -2.40. The molecule has 0 saturated heterocycles. The average Bonchev–Trinajstić information content (AvgIpc) is 3.09. The molecule has 118 valence electrons. The first-order valence-electron chi connectivity index (χ1n) is 8.02. The van der Waals surface area contributed by atoms with Gasteiger partial charge in [0.1, 0.15) is 5.56 Å². The van der Waals surface area contributed by atoms with Crippen LogP contribution in [0.5, 0.6) is 0 Å². The van der Waals surface area contributed by atoms with Crippen LogP contribution < -0.4 is 5.32 Å². The summed E-state index contributed by atoms with van der Waals surface area (Å²) in [5.74, 6) is 1.73. The lowest BCUT2D eigenvalue weighted by Gasteiger charge is -2.28. The first kappa shape index (κ1) is 15.0. The summed E-state index contributed by atoms with van der Waals surface area (Å²) in [4.78, 5) is 23.2. The zero-order valence-electron chi connectivity index (χ0n) is 13.0. The Hall–Kier alpha value is -1.91. The minimum atomic E-state index is -0.466. The SMILES string of the molecule is Cc1cccc(C(=O)N[C@@H](C)[C@H]2C[C@H]3CC[C@H]2C3)c1[N+](=O)[O-]. The van der Waals surface area contributed by atoms with E-state index in [0.29, 0.717) is 17.4 Å². The smallest absolute Gasteiger partial charge is 0.285 e. The molecule has 1 amide bonds. The van der Waals surface area contributed by atoms with E-state index < -0.39 is 4.92 Å². The van der Waals surface area contributed by atoms with Crippen molar-refractivity contribution in [3.63, 3.8) is 0 Å². The summed E-state index contributed by atoms with van der Waals surface area (Å²) >= 11 is 0. The van der Waals surface area contributed by atoms with E-state index in [1.165, 1.54) is 31.7 Å². The van der Waals surface area contributed by atoms with Gasteiger partial charge in [-0.15, -0.1) is 0 Å². The van der Waals surface area contributed by atoms with Crippen LogP contribution in [0.2, 0.25) is 0 Å². The third kappa shape index (κ3) is 2.60. The Morgan fingerprint density at radius 3 is 2.73 bits per heavy atom. The number of benzene rings is 1. The maximum absolute atomic E-state index is 12.5. The molecule has 4 atom stereocenters. The summed E-state index contributed by atoms with van der Waals surface area (Å²) in [5.41, 5.74) is 0.602. The van der Waals surface area contributed by atoms with Gasteiger partial charge in [0.2, 0.25) is 0 Å². The molecule has 1 aromatic carbocycles.